The molecule has 2 N–H and O–H groups in total. The van der Waals surface area contributed by atoms with Crippen molar-refractivity contribution >= 4 is 5.82 Å². The van der Waals surface area contributed by atoms with Crippen LogP contribution in [0, 0.1) is 0 Å². The molecule has 0 aliphatic rings. The molecule has 0 saturated carbocycles. The van der Waals surface area contributed by atoms with E-state index in [-0.39, 0.29) is 0 Å². The van der Waals surface area contributed by atoms with Gasteiger partial charge in [0.15, 0.2) is 5.82 Å². The molecule has 2 aromatic rings. The van der Waals surface area contributed by atoms with Crippen LogP contribution < -0.4 is 5.73 Å². The maximum absolute atomic E-state index is 5.51. The van der Waals surface area contributed by atoms with Gasteiger partial charge in [0.05, 0.1) is 5.69 Å². The van der Waals surface area contributed by atoms with Gasteiger partial charge in [-0.3, -0.25) is 0 Å². The molecule has 5 heteroatoms. The molecule has 2 aromatic heterocycles. The number of nitrogens with zero attached hydrogens (tertiary/aromatic N) is 4. The molecule has 0 aliphatic carbocycles. The van der Waals surface area contributed by atoms with Gasteiger partial charge in [-0.1, -0.05) is 13.8 Å². The highest BCUT2D eigenvalue weighted by molar-refractivity contribution is 5.29. The molecular weight excluding hydrogens is 190 g/mol. The highest BCUT2D eigenvalue weighted by Crippen LogP contribution is 2.11. The molecule has 0 radical (unpaired) electrons. The monoisotopic (exact) mass is 203 g/mol. The van der Waals surface area contributed by atoms with E-state index >= 15 is 0 Å². The summed E-state index contributed by atoms with van der Waals surface area (Å²) in [6, 6.07) is 5.55. The number of nitrogen functional groups attached to an aromatic ring is 1. The summed E-state index contributed by atoms with van der Waals surface area (Å²) in [6.45, 7) is 4.16. The maximum atomic E-state index is 5.51. The molecule has 78 valence electrons. The summed E-state index contributed by atoms with van der Waals surface area (Å²) in [5, 5.41) is 12.2. The summed E-state index contributed by atoms with van der Waals surface area (Å²) in [4.78, 5) is 0. The van der Waals surface area contributed by atoms with Gasteiger partial charge in [0.25, 0.3) is 0 Å². The topological polar surface area (TPSA) is 69.6 Å². The molecule has 0 atom stereocenters. The van der Waals surface area contributed by atoms with Gasteiger partial charge < -0.3 is 5.73 Å². The van der Waals surface area contributed by atoms with Gasteiger partial charge in [0.1, 0.15) is 5.82 Å². The first-order chi connectivity index (χ1) is 7.16. The smallest absolute Gasteiger partial charge is 0.175 e. The molecule has 0 unspecified atom stereocenters. The van der Waals surface area contributed by atoms with E-state index in [0.717, 1.165) is 5.69 Å². The molecule has 0 aromatic carbocycles. The number of hydrogen-bond donors (Lipinski definition) is 1. The number of anilines is 1. The third-order valence-corrected chi connectivity index (χ3v) is 2.11. The van der Waals surface area contributed by atoms with Crippen LogP contribution in [-0.4, -0.2) is 20.0 Å². The minimum Gasteiger partial charge on any atom is -0.382 e. The first-order valence-electron chi connectivity index (χ1n) is 4.82. The Morgan fingerprint density at radius 2 is 2.00 bits per heavy atom. The SMILES string of the molecule is CC(C)c1ccc(-n2ccc(N)n2)nn1. The van der Waals surface area contributed by atoms with Crippen LogP contribution in [-0.2, 0) is 0 Å². The molecule has 5 nitrogen and oxygen atoms in total. The molecular formula is C10H13N5. The molecule has 0 aliphatic heterocycles. The number of hydrogen-bond acceptors (Lipinski definition) is 4. The van der Waals surface area contributed by atoms with E-state index in [1.165, 1.54) is 0 Å². The minimum absolute atomic E-state index is 0.384. The lowest BCUT2D eigenvalue weighted by Crippen LogP contribution is -2.03. The van der Waals surface area contributed by atoms with Gasteiger partial charge in [0, 0.05) is 12.3 Å². The van der Waals surface area contributed by atoms with E-state index in [1.54, 1.807) is 16.9 Å². The first kappa shape index (κ1) is 9.64. The molecule has 0 spiro atoms. The van der Waals surface area contributed by atoms with E-state index in [2.05, 4.69) is 29.1 Å². The van der Waals surface area contributed by atoms with Crippen molar-refractivity contribution in [3.63, 3.8) is 0 Å². The summed E-state index contributed by atoms with van der Waals surface area (Å²) in [5.41, 5.74) is 6.49. The second-order valence-corrected chi connectivity index (χ2v) is 3.66. The van der Waals surface area contributed by atoms with Crippen molar-refractivity contribution in [2.24, 2.45) is 0 Å². The standard InChI is InChI=1S/C10H13N5/c1-7(2)8-3-4-10(13-12-8)15-6-5-9(11)14-15/h3-7H,1-2H3,(H2,11,14). The number of aromatic nitrogens is 4. The summed E-state index contributed by atoms with van der Waals surface area (Å²) in [5.74, 6) is 1.54. The summed E-state index contributed by atoms with van der Waals surface area (Å²) >= 11 is 0. The zero-order valence-corrected chi connectivity index (χ0v) is 8.75. The van der Waals surface area contributed by atoms with Crippen LogP contribution in [0.2, 0.25) is 0 Å². The van der Waals surface area contributed by atoms with Crippen molar-refractivity contribution in [2.75, 3.05) is 5.73 Å². The first-order valence-corrected chi connectivity index (χ1v) is 4.82. The van der Waals surface area contributed by atoms with Gasteiger partial charge >= 0.3 is 0 Å². The second-order valence-electron chi connectivity index (χ2n) is 3.66. The lowest BCUT2D eigenvalue weighted by atomic mass is 10.1. The van der Waals surface area contributed by atoms with E-state index < -0.39 is 0 Å². The fourth-order valence-electron chi connectivity index (χ4n) is 1.23. The molecule has 0 bridgehead atoms. The quantitative estimate of drug-likeness (QED) is 0.800. The zero-order valence-electron chi connectivity index (χ0n) is 8.75. The highest BCUT2D eigenvalue weighted by atomic mass is 15.3. The predicted octanol–water partition coefficient (Wildman–Crippen LogP) is 1.37. The van der Waals surface area contributed by atoms with Gasteiger partial charge in [-0.2, -0.15) is 5.10 Å². The summed E-state index contributed by atoms with van der Waals surface area (Å²) in [6.07, 6.45) is 1.76. The normalized spacial score (nSPS) is 10.9. The molecule has 15 heavy (non-hydrogen) atoms. The Bertz CT molecular complexity index is 443. The van der Waals surface area contributed by atoms with Crippen LogP contribution in [0.3, 0.4) is 0 Å². The largest absolute Gasteiger partial charge is 0.382 e. The van der Waals surface area contributed by atoms with Crippen molar-refractivity contribution in [3.8, 4) is 5.82 Å². The van der Waals surface area contributed by atoms with E-state index in [9.17, 15) is 0 Å². The van der Waals surface area contributed by atoms with Crippen molar-refractivity contribution in [1.29, 1.82) is 0 Å². The second kappa shape index (κ2) is 3.68. The Morgan fingerprint density at radius 3 is 2.47 bits per heavy atom. The Balaban J connectivity index is 2.31. The molecule has 0 fully saturated rings. The molecule has 2 heterocycles. The summed E-state index contributed by atoms with van der Waals surface area (Å²) in [7, 11) is 0. The lowest BCUT2D eigenvalue weighted by Gasteiger charge is -2.03. The van der Waals surface area contributed by atoms with Crippen molar-refractivity contribution in [3.05, 3.63) is 30.1 Å². The van der Waals surface area contributed by atoms with E-state index in [0.29, 0.717) is 17.6 Å². The Labute approximate surface area is 87.9 Å². The van der Waals surface area contributed by atoms with Crippen LogP contribution >= 0.6 is 0 Å². The minimum atomic E-state index is 0.384. The van der Waals surface area contributed by atoms with Crippen LogP contribution in [0.5, 0.6) is 0 Å². The molecule has 0 saturated heterocycles. The predicted molar refractivity (Wildman–Crippen MR) is 57.7 cm³/mol. The maximum Gasteiger partial charge on any atom is 0.175 e. The highest BCUT2D eigenvalue weighted by Gasteiger charge is 2.03. The Morgan fingerprint density at radius 1 is 1.20 bits per heavy atom. The van der Waals surface area contributed by atoms with Crippen LogP contribution in [0.15, 0.2) is 24.4 Å². The number of rotatable bonds is 2. The average Bonchev–Trinajstić information content (AvgIpc) is 2.65. The van der Waals surface area contributed by atoms with Gasteiger partial charge in [-0.25, -0.2) is 4.68 Å². The van der Waals surface area contributed by atoms with Crippen LogP contribution in [0.1, 0.15) is 25.5 Å². The fourth-order valence-corrected chi connectivity index (χ4v) is 1.23. The van der Waals surface area contributed by atoms with Crippen molar-refractivity contribution in [2.45, 2.75) is 19.8 Å². The van der Waals surface area contributed by atoms with Crippen LogP contribution in [0.4, 0.5) is 5.82 Å². The average molecular weight is 203 g/mol. The van der Waals surface area contributed by atoms with Gasteiger partial charge in [-0.05, 0) is 18.1 Å². The Hall–Kier alpha value is -1.91. The van der Waals surface area contributed by atoms with Gasteiger partial charge in [0.2, 0.25) is 0 Å². The molecule has 2 rings (SSSR count). The molecule has 0 amide bonds. The van der Waals surface area contributed by atoms with Crippen molar-refractivity contribution < 1.29 is 0 Å². The summed E-state index contributed by atoms with van der Waals surface area (Å²) < 4.78 is 1.60. The third kappa shape index (κ3) is 1.96. The Kier molecular flexibility index (Phi) is 2.37. The fraction of sp³-hybridized carbons (Fsp3) is 0.300. The number of nitrogens with two attached hydrogens (primary N) is 1. The van der Waals surface area contributed by atoms with E-state index in [4.69, 9.17) is 5.73 Å². The zero-order chi connectivity index (χ0) is 10.8. The van der Waals surface area contributed by atoms with Crippen molar-refractivity contribution in [1.82, 2.24) is 20.0 Å². The van der Waals surface area contributed by atoms with Gasteiger partial charge in [-0.15, -0.1) is 10.2 Å². The third-order valence-electron chi connectivity index (χ3n) is 2.11. The van der Waals surface area contributed by atoms with E-state index in [1.807, 2.05) is 12.1 Å². The van der Waals surface area contributed by atoms with Crippen LogP contribution in [0.25, 0.3) is 5.82 Å². The lowest BCUT2D eigenvalue weighted by molar-refractivity contribution is 0.753.